The number of rotatable bonds is 2. The lowest BCUT2D eigenvalue weighted by Gasteiger charge is -2.31. The lowest BCUT2D eigenvalue weighted by Crippen LogP contribution is -2.37. The van der Waals surface area contributed by atoms with Gasteiger partial charge in [-0.3, -0.25) is 8.99 Å². The Kier molecular flexibility index (Phi) is 4.37. The van der Waals surface area contributed by atoms with Gasteiger partial charge in [0.2, 0.25) is 0 Å². The largest absolute Gasteiger partial charge is 0.268 e. The summed E-state index contributed by atoms with van der Waals surface area (Å²) in [7, 11) is -4.02. The molecule has 0 N–H and O–H groups in total. The van der Waals surface area contributed by atoms with Crippen LogP contribution in [0.15, 0.2) is 17.0 Å². The summed E-state index contributed by atoms with van der Waals surface area (Å²) in [5, 5.41) is 4.39. The van der Waals surface area contributed by atoms with Crippen LogP contribution < -0.4 is 4.31 Å². The van der Waals surface area contributed by atoms with Crippen LogP contribution in [0.2, 0.25) is 0 Å². The summed E-state index contributed by atoms with van der Waals surface area (Å²) in [6.45, 7) is 9.28. The number of fused-ring (bicyclic) bond motifs is 1. The van der Waals surface area contributed by atoms with Crippen molar-refractivity contribution < 1.29 is 17.2 Å². The van der Waals surface area contributed by atoms with Gasteiger partial charge in [0.15, 0.2) is 5.82 Å². The second kappa shape index (κ2) is 6.04. The average molecular weight is 383 g/mol. The fourth-order valence-electron chi connectivity index (χ4n) is 3.62. The highest BCUT2D eigenvalue weighted by Gasteiger charge is 2.36. The zero-order chi connectivity index (χ0) is 19.4. The third-order valence-electron chi connectivity index (χ3n) is 4.57. The van der Waals surface area contributed by atoms with Crippen LogP contribution in [0.4, 0.5) is 14.5 Å². The van der Waals surface area contributed by atoms with Crippen molar-refractivity contribution in [3.05, 3.63) is 40.7 Å². The topological polar surface area (TPSA) is 55.2 Å². The van der Waals surface area contributed by atoms with Crippen LogP contribution in [0, 0.1) is 25.5 Å². The van der Waals surface area contributed by atoms with Crippen LogP contribution in [0.3, 0.4) is 0 Å². The Balaban J connectivity index is 2.20. The van der Waals surface area contributed by atoms with Crippen molar-refractivity contribution in [3.8, 4) is 0 Å². The molecule has 26 heavy (non-hydrogen) atoms. The van der Waals surface area contributed by atoms with Gasteiger partial charge >= 0.3 is 0 Å². The normalized spacial score (nSPS) is 15.3. The second-order valence-corrected chi connectivity index (χ2v) is 9.46. The number of benzene rings is 1. The zero-order valence-corrected chi connectivity index (χ0v) is 16.4. The second-order valence-electron chi connectivity index (χ2n) is 7.66. The molecule has 5 nitrogen and oxygen atoms in total. The first-order valence-electron chi connectivity index (χ1n) is 8.52. The van der Waals surface area contributed by atoms with E-state index < -0.39 is 27.2 Å². The molecule has 2 heterocycles. The van der Waals surface area contributed by atoms with E-state index in [1.807, 2.05) is 20.8 Å². The summed E-state index contributed by atoms with van der Waals surface area (Å²) in [6.07, 6.45) is 0.940. The van der Waals surface area contributed by atoms with Gasteiger partial charge in [-0.2, -0.15) is 5.10 Å². The summed E-state index contributed by atoms with van der Waals surface area (Å²) < 4.78 is 57.5. The van der Waals surface area contributed by atoms with Crippen LogP contribution in [0.5, 0.6) is 0 Å². The van der Waals surface area contributed by atoms with Crippen molar-refractivity contribution in [2.45, 2.75) is 57.9 Å². The van der Waals surface area contributed by atoms with E-state index in [0.29, 0.717) is 29.8 Å². The lowest BCUT2D eigenvalue weighted by molar-refractivity contribution is 0.345. The van der Waals surface area contributed by atoms with E-state index in [0.717, 1.165) is 10.4 Å². The fraction of sp³-hybridized carbons (Fsp3) is 0.500. The molecule has 1 aromatic carbocycles. The third-order valence-corrected chi connectivity index (χ3v) is 6.62. The highest BCUT2D eigenvalue weighted by molar-refractivity contribution is 7.93. The minimum Gasteiger partial charge on any atom is -0.263 e. The van der Waals surface area contributed by atoms with E-state index in [1.54, 1.807) is 18.5 Å². The van der Waals surface area contributed by atoms with E-state index in [1.165, 1.54) is 6.07 Å². The molecule has 0 spiro atoms. The Morgan fingerprint density at radius 1 is 1.15 bits per heavy atom. The highest BCUT2D eigenvalue weighted by atomic mass is 32.2. The standard InChI is InChI=1S/C18H23F2N3O2S/c1-11-17(12(2)23(21-11)18(3,4)5)26(24,25)22-8-6-7-13-9-14(19)10-15(20)16(13)22/h9-10H,6-8H2,1-5H3. The molecule has 142 valence electrons. The van der Waals surface area contributed by atoms with Crippen molar-refractivity contribution in [1.29, 1.82) is 0 Å². The van der Waals surface area contributed by atoms with Crippen LogP contribution in [0.25, 0.3) is 0 Å². The summed E-state index contributed by atoms with van der Waals surface area (Å²) in [5.74, 6) is -1.56. The fourth-order valence-corrected chi connectivity index (χ4v) is 5.53. The molecule has 1 aliphatic heterocycles. The summed E-state index contributed by atoms with van der Waals surface area (Å²) in [4.78, 5) is 0.0870. The minimum atomic E-state index is -4.02. The number of aromatic nitrogens is 2. The Bertz CT molecular complexity index is 975. The van der Waals surface area contributed by atoms with Gasteiger partial charge in [-0.25, -0.2) is 17.2 Å². The first kappa shape index (κ1) is 18.8. The summed E-state index contributed by atoms with van der Waals surface area (Å²) in [6, 6.07) is 1.93. The van der Waals surface area contributed by atoms with Gasteiger partial charge in [0, 0.05) is 12.6 Å². The molecular formula is C18H23F2N3O2S. The molecule has 1 aromatic heterocycles. The molecule has 0 saturated carbocycles. The smallest absolute Gasteiger partial charge is 0.263 e. The minimum absolute atomic E-state index is 0.0556. The predicted molar refractivity (Wildman–Crippen MR) is 95.9 cm³/mol. The van der Waals surface area contributed by atoms with Crippen molar-refractivity contribution in [2.75, 3.05) is 10.8 Å². The third kappa shape index (κ3) is 2.90. The molecule has 2 aromatic rings. The SMILES string of the molecule is Cc1nn(C(C)(C)C)c(C)c1S(=O)(=O)N1CCCc2cc(F)cc(F)c21. The molecule has 0 amide bonds. The molecule has 3 rings (SSSR count). The van der Waals surface area contributed by atoms with E-state index >= 15 is 0 Å². The van der Waals surface area contributed by atoms with E-state index in [4.69, 9.17) is 0 Å². The predicted octanol–water partition coefficient (Wildman–Crippen LogP) is 3.67. The van der Waals surface area contributed by atoms with Crippen molar-refractivity contribution in [3.63, 3.8) is 0 Å². The number of nitrogens with zero attached hydrogens (tertiary/aromatic N) is 3. The number of hydrogen-bond donors (Lipinski definition) is 0. The van der Waals surface area contributed by atoms with Crippen molar-refractivity contribution in [1.82, 2.24) is 9.78 Å². The Morgan fingerprint density at radius 3 is 2.38 bits per heavy atom. The number of aryl methyl sites for hydroxylation is 2. The van der Waals surface area contributed by atoms with Gasteiger partial charge in [-0.15, -0.1) is 0 Å². The first-order valence-corrected chi connectivity index (χ1v) is 9.96. The molecule has 1 aliphatic rings. The van der Waals surface area contributed by atoms with E-state index in [-0.39, 0.29) is 17.1 Å². The molecule has 0 aliphatic carbocycles. The Labute approximate surface area is 152 Å². The van der Waals surface area contributed by atoms with Gasteiger partial charge in [0.05, 0.1) is 22.6 Å². The van der Waals surface area contributed by atoms with Gasteiger partial charge in [-0.1, -0.05) is 0 Å². The van der Waals surface area contributed by atoms with Gasteiger partial charge in [0.25, 0.3) is 10.0 Å². The Hall–Kier alpha value is -1.96. The molecule has 0 atom stereocenters. The highest BCUT2D eigenvalue weighted by Crippen LogP contribution is 2.37. The van der Waals surface area contributed by atoms with Crippen LogP contribution in [-0.2, 0) is 22.0 Å². The molecular weight excluding hydrogens is 360 g/mol. The molecule has 0 bridgehead atoms. The summed E-state index contributed by atoms with van der Waals surface area (Å²) >= 11 is 0. The first-order chi connectivity index (χ1) is 11.9. The molecule has 0 unspecified atom stereocenters. The molecule has 0 radical (unpaired) electrons. The van der Waals surface area contributed by atoms with Gasteiger partial charge in [-0.05, 0) is 59.1 Å². The Morgan fingerprint density at radius 2 is 1.81 bits per heavy atom. The number of anilines is 1. The van der Waals surface area contributed by atoms with Crippen LogP contribution >= 0.6 is 0 Å². The van der Waals surface area contributed by atoms with Crippen molar-refractivity contribution >= 4 is 15.7 Å². The lowest BCUT2D eigenvalue weighted by atomic mass is 10.0. The molecule has 0 fully saturated rings. The maximum absolute atomic E-state index is 14.5. The quantitative estimate of drug-likeness (QED) is 0.795. The molecule has 8 heteroatoms. The van der Waals surface area contributed by atoms with Gasteiger partial charge < -0.3 is 0 Å². The van der Waals surface area contributed by atoms with Crippen LogP contribution in [-0.4, -0.2) is 24.7 Å². The summed E-state index contributed by atoms with van der Waals surface area (Å²) in [5.41, 5.74) is 0.795. The van der Waals surface area contributed by atoms with Crippen molar-refractivity contribution in [2.24, 2.45) is 0 Å². The monoisotopic (exact) mass is 383 g/mol. The van der Waals surface area contributed by atoms with E-state index in [2.05, 4.69) is 5.10 Å². The maximum Gasteiger partial charge on any atom is 0.268 e. The molecule has 0 saturated heterocycles. The van der Waals surface area contributed by atoms with Gasteiger partial charge in [0.1, 0.15) is 10.7 Å². The number of hydrogen-bond acceptors (Lipinski definition) is 3. The zero-order valence-electron chi connectivity index (χ0n) is 15.6. The van der Waals surface area contributed by atoms with E-state index in [9.17, 15) is 17.2 Å². The maximum atomic E-state index is 14.5. The number of sulfonamides is 1. The number of halogens is 2. The van der Waals surface area contributed by atoms with Crippen LogP contribution in [0.1, 0.15) is 44.1 Å². The average Bonchev–Trinajstić information content (AvgIpc) is 2.81.